The molecule has 2 aliphatic heterocycles. The first kappa shape index (κ1) is 26.7. The van der Waals surface area contributed by atoms with Crippen molar-refractivity contribution >= 4 is 24.2 Å². The Morgan fingerprint density at radius 3 is 2.49 bits per heavy atom. The lowest BCUT2D eigenvalue weighted by Crippen LogP contribution is -2.43. The van der Waals surface area contributed by atoms with Crippen LogP contribution < -0.4 is 5.32 Å². The zero-order valence-corrected chi connectivity index (χ0v) is 22.2. The van der Waals surface area contributed by atoms with Crippen molar-refractivity contribution in [1.29, 1.82) is 0 Å². The Hall–Kier alpha value is -3.32. The molecule has 0 radical (unpaired) electrons. The maximum atomic E-state index is 13.4. The van der Waals surface area contributed by atoms with Crippen molar-refractivity contribution in [2.45, 2.75) is 64.8 Å². The van der Waals surface area contributed by atoms with E-state index in [9.17, 15) is 9.59 Å². The average Bonchev–Trinajstić information content (AvgIpc) is 3.54. The van der Waals surface area contributed by atoms with Gasteiger partial charge in [-0.1, -0.05) is 36.5 Å². The van der Waals surface area contributed by atoms with Crippen LogP contribution in [-0.2, 0) is 9.59 Å². The summed E-state index contributed by atoms with van der Waals surface area (Å²) < 4.78 is 0. The van der Waals surface area contributed by atoms with Gasteiger partial charge in [-0.25, -0.2) is 4.99 Å². The van der Waals surface area contributed by atoms with Crippen molar-refractivity contribution in [3.8, 4) is 0 Å². The lowest BCUT2D eigenvalue weighted by atomic mass is 9.94. The maximum Gasteiger partial charge on any atom is 0.275 e. The van der Waals surface area contributed by atoms with E-state index in [-0.39, 0.29) is 17.5 Å². The first-order valence-corrected chi connectivity index (χ1v) is 13.5. The first-order valence-electron chi connectivity index (χ1n) is 13.5. The highest BCUT2D eigenvalue weighted by molar-refractivity contribution is 6.05. The zero-order valence-electron chi connectivity index (χ0n) is 22.2. The van der Waals surface area contributed by atoms with Crippen LogP contribution in [0, 0.1) is 0 Å². The number of carbonyl (C=O) groups excluding carboxylic acids is 2. The Kier molecular flexibility index (Phi) is 9.23. The van der Waals surface area contributed by atoms with Gasteiger partial charge < -0.3 is 15.1 Å². The fraction of sp³-hybridized carbons (Fsp3) is 0.467. The van der Waals surface area contributed by atoms with Crippen LogP contribution in [0.1, 0.15) is 58.8 Å². The molecule has 1 N–H and O–H groups in total. The second-order valence-electron chi connectivity index (χ2n) is 10.1. The number of hydrogen-bond acceptors (Lipinski definition) is 5. The average molecular weight is 502 g/mol. The van der Waals surface area contributed by atoms with Gasteiger partial charge in [0, 0.05) is 42.5 Å². The fourth-order valence-electron chi connectivity index (χ4n) is 5.34. The van der Waals surface area contributed by atoms with E-state index in [4.69, 9.17) is 0 Å². The maximum absolute atomic E-state index is 13.4. The van der Waals surface area contributed by atoms with Crippen molar-refractivity contribution in [2.75, 3.05) is 26.2 Å². The quantitative estimate of drug-likeness (QED) is 0.389. The molecule has 2 amide bonds. The third-order valence-corrected chi connectivity index (χ3v) is 7.54. The lowest BCUT2D eigenvalue weighted by Gasteiger charge is -2.30. The van der Waals surface area contributed by atoms with Gasteiger partial charge in [-0.15, -0.1) is 0 Å². The minimum absolute atomic E-state index is 0.179. The molecule has 0 spiro atoms. The van der Waals surface area contributed by atoms with Gasteiger partial charge in [-0.3, -0.25) is 14.6 Å². The molecule has 2 aliphatic carbocycles. The van der Waals surface area contributed by atoms with Gasteiger partial charge in [0.05, 0.1) is 5.70 Å². The third-order valence-electron chi connectivity index (χ3n) is 7.54. The molecule has 4 aliphatic rings. The summed E-state index contributed by atoms with van der Waals surface area (Å²) in [7, 11) is 0. The molecule has 0 unspecified atom stereocenters. The summed E-state index contributed by atoms with van der Waals surface area (Å²) in [6.07, 6.45) is 20.3. The summed E-state index contributed by atoms with van der Waals surface area (Å²) in [5.74, 6) is -0.127. The molecule has 1 atom stereocenters. The molecule has 0 bridgehead atoms. The number of carbonyl (C=O) groups is 2. The number of allylic oxidation sites excluding steroid dienone is 9. The van der Waals surface area contributed by atoms with Gasteiger partial charge in [0.1, 0.15) is 5.70 Å². The molecular formula is C30H39N5O2. The topological polar surface area (TPSA) is 77.4 Å². The van der Waals surface area contributed by atoms with Crippen molar-refractivity contribution < 1.29 is 9.59 Å². The van der Waals surface area contributed by atoms with Crippen LogP contribution in [0.15, 0.2) is 80.8 Å². The molecule has 7 nitrogen and oxygen atoms in total. The second-order valence-corrected chi connectivity index (χ2v) is 10.1. The van der Waals surface area contributed by atoms with Crippen LogP contribution in [0.4, 0.5) is 0 Å². The van der Waals surface area contributed by atoms with E-state index in [0.717, 1.165) is 61.6 Å². The molecule has 2 saturated heterocycles. The van der Waals surface area contributed by atoms with Gasteiger partial charge >= 0.3 is 0 Å². The van der Waals surface area contributed by atoms with E-state index in [0.29, 0.717) is 31.0 Å². The molecule has 2 heterocycles. The Morgan fingerprint density at radius 2 is 1.76 bits per heavy atom. The van der Waals surface area contributed by atoms with Crippen molar-refractivity contribution in [1.82, 2.24) is 15.1 Å². The Labute approximate surface area is 220 Å². The Balaban J connectivity index is 1.44. The molecule has 0 saturated carbocycles. The molecular weight excluding hydrogens is 462 g/mol. The van der Waals surface area contributed by atoms with Crippen LogP contribution >= 0.6 is 0 Å². The predicted octanol–water partition coefficient (Wildman–Crippen LogP) is 4.63. The predicted molar refractivity (Wildman–Crippen MR) is 150 cm³/mol. The summed E-state index contributed by atoms with van der Waals surface area (Å²) in [5, 5.41) is 2.95. The summed E-state index contributed by atoms with van der Waals surface area (Å²) in [6, 6.07) is 0.329. The van der Waals surface area contributed by atoms with E-state index in [1.54, 1.807) is 6.92 Å². The third kappa shape index (κ3) is 6.92. The highest BCUT2D eigenvalue weighted by Gasteiger charge is 2.32. The summed E-state index contributed by atoms with van der Waals surface area (Å²) in [4.78, 5) is 39.6. The number of nitrogens with zero attached hydrogens (tertiary/aromatic N) is 4. The van der Waals surface area contributed by atoms with E-state index in [2.05, 4.69) is 31.8 Å². The van der Waals surface area contributed by atoms with Gasteiger partial charge in [0.15, 0.2) is 0 Å². The van der Waals surface area contributed by atoms with Crippen molar-refractivity contribution in [3.05, 3.63) is 70.8 Å². The molecule has 37 heavy (non-hydrogen) atoms. The van der Waals surface area contributed by atoms with Gasteiger partial charge in [0.2, 0.25) is 5.91 Å². The molecule has 4 rings (SSSR count). The van der Waals surface area contributed by atoms with Crippen LogP contribution in [-0.4, -0.2) is 66.3 Å². The number of aliphatic imine (C=N–C) groups is 2. The van der Waals surface area contributed by atoms with Gasteiger partial charge in [0.25, 0.3) is 5.91 Å². The van der Waals surface area contributed by atoms with Crippen LogP contribution in [0.2, 0.25) is 0 Å². The van der Waals surface area contributed by atoms with E-state index in [1.807, 2.05) is 49.5 Å². The van der Waals surface area contributed by atoms with Crippen molar-refractivity contribution in [3.63, 3.8) is 0 Å². The highest BCUT2D eigenvalue weighted by Crippen LogP contribution is 2.27. The second kappa shape index (κ2) is 12.8. The number of nitrogens with one attached hydrogen (secondary N) is 1. The Morgan fingerprint density at radius 1 is 1.00 bits per heavy atom. The van der Waals surface area contributed by atoms with Crippen LogP contribution in [0.3, 0.4) is 0 Å². The number of amides is 2. The summed E-state index contributed by atoms with van der Waals surface area (Å²) in [6.45, 7) is 11.4. The first-order chi connectivity index (χ1) is 18.0. The lowest BCUT2D eigenvalue weighted by molar-refractivity contribution is -0.128. The fourth-order valence-corrected chi connectivity index (χ4v) is 5.34. The molecule has 0 aromatic heterocycles. The molecule has 2 fully saturated rings. The normalized spacial score (nSPS) is 23.2. The standard InChI is InChI=1S/C30H39N5O2/c1-22(32-28(23(2)31-3)29(36)33-26-11-6-4-5-7-12-26)24-14-16-25(17-15-24)30(37)35-20-10-13-27(35)21-34-18-8-9-19-34/h4-7,11,14,16,27H,3,8-10,12-13,15,17-21H2,1-2H3,(H,33,36)/b28-23-,32-22?/t27-/m1/s1. The molecule has 196 valence electrons. The molecule has 0 aromatic carbocycles. The summed E-state index contributed by atoms with van der Waals surface area (Å²) >= 11 is 0. The largest absolute Gasteiger partial charge is 0.335 e. The van der Waals surface area contributed by atoms with Crippen molar-refractivity contribution in [2.24, 2.45) is 9.98 Å². The van der Waals surface area contributed by atoms with Crippen LogP contribution in [0.25, 0.3) is 0 Å². The molecule has 0 aromatic rings. The molecule has 7 heteroatoms. The number of rotatable bonds is 8. The van der Waals surface area contributed by atoms with Gasteiger partial charge in [-0.2, -0.15) is 0 Å². The SMILES string of the molecule is C=N/C(C)=C(\N=C(C)C1=CC=C(C(=O)N2CCC[C@@H]2CN2CCCC2)CC1)C(=O)NC1=CC=CC=CC1. The minimum atomic E-state index is -0.305. The van der Waals surface area contributed by atoms with Crippen LogP contribution in [0.5, 0.6) is 0 Å². The van der Waals surface area contributed by atoms with E-state index < -0.39 is 0 Å². The number of hydrogen-bond donors (Lipinski definition) is 1. The van der Waals surface area contributed by atoms with E-state index >= 15 is 0 Å². The highest BCUT2D eigenvalue weighted by atomic mass is 16.2. The monoisotopic (exact) mass is 501 g/mol. The number of likely N-dealkylation sites (tertiary alicyclic amines) is 2. The van der Waals surface area contributed by atoms with Gasteiger partial charge in [-0.05, 0) is 83.8 Å². The minimum Gasteiger partial charge on any atom is -0.335 e. The summed E-state index contributed by atoms with van der Waals surface area (Å²) in [5.41, 5.74) is 4.15. The Bertz CT molecular complexity index is 1130. The zero-order chi connectivity index (χ0) is 26.2. The van der Waals surface area contributed by atoms with E-state index in [1.165, 1.54) is 12.8 Å². The smallest absolute Gasteiger partial charge is 0.275 e.